The number of hydrogen-bond donors (Lipinski definition) is 1. The number of aryl methyl sites for hydroxylation is 1. The van der Waals surface area contributed by atoms with E-state index in [1.807, 2.05) is 18.3 Å². The minimum atomic E-state index is 0.283. The van der Waals surface area contributed by atoms with Crippen molar-refractivity contribution in [1.82, 2.24) is 14.1 Å². The fourth-order valence-corrected chi connectivity index (χ4v) is 2.50. The predicted octanol–water partition coefficient (Wildman–Crippen LogP) is 2.83. The molecule has 0 spiro atoms. The first-order chi connectivity index (χ1) is 9.33. The molecule has 5 heteroatoms. The minimum absolute atomic E-state index is 0.283. The quantitative estimate of drug-likeness (QED) is 0.845. The van der Waals surface area contributed by atoms with Crippen LogP contribution in [0.4, 0.5) is 0 Å². The zero-order chi connectivity index (χ0) is 13.5. The summed E-state index contributed by atoms with van der Waals surface area (Å²) in [4.78, 5) is 0. The lowest BCUT2D eigenvalue weighted by Crippen LogP contribution is -2.21. The van der Waals surface area contributed by atoms with Crippen LogP contribution in [0.1, 0.15) is 30.6 Å². The Morgan fingerprint density at radius 3 is 2.68 bits per heavy atom. The molecule has 0 aliphatic carbocycles. The van der Waals surface area contributed by atoms with E-state index in [1.54, 1.807) is 7.11 Å². The van der Waals surface area contributed by atoms with Gasteiger partial charge in [0.1, 0.15) is 5.75 Å². The van der Waals surface area contributed by atoms with Crippen LogP contribution >= 0.6 is 11.7 Å². The van der Waals surface area contributed by atoms with Crippen LogP contribution in [0.5, 0.6) is 5.75 Å². The summed E-state index contributed by atoms with van der Waals surface area (Å²) in [7, 11) is 1.69. The Morgan fingerprint density at radius 2 is 2.11 bits per heavy atom. The SMILES string of the molecule is CCNC(CCc1ccc(OC)cc1)c1cnsn1. The molecule has 2 aromatic rings. The van der Waals surface area contributed by atoms with Crippen molar-refractivity contribution in [2.45, 2.75) is 25.8 Å². The normalized spacial score (nSPS) is 12.3. The topological polar surface area (TPSA) is 47.0 Å². The summed E-state index contributed by atoms with van der Waals surface area (Å²) in [5.41, 5.74) is 2.35. The highest BCUT2D eigenvalue weighted by atomic mass is 32.1. The van der Waals surface area contributed by atoms with E-state index in [0.29, 0.717) is 0 Å². The monoisotopic (exact) mass is 277 g/mol. The van der Waals surface area contributed by atoms with Crippen LogP contribution in [0.15, 0.2) is 30.5 Å². The average molecular weight is 277 g/mol. The van der Waals surface area contributed by atoms with Gasteiger partial charge < -0.3 is 10.1 Å². The molecule has 0 saturated heterocycles. The van der Waals surface area contributed by atoms with E-state index < -0.39 is 0 Å². The van der Waals surface area contributed by atoms with Crippen molar-refractivity contribution in [3.63, 3.8) is 0 Å². The Labute approximate surface area is 118 Å². The van der Waals surface area contributed by atoms with E-state index >= 15 is 0 Å². The van der Waals surface area contributed by atoms with Gasteiger partial charge in [0, 0.05) is 0 Å². The van der Waals surface area contributed by atoms with Crippen LogP contribution in [-0.4, -0.2) is 22.4 Å². The first-order valence-corrected chi connectivity index (χ1v) is 7.20. The third-order valence-electron chi connectivity index (χ3n) is 3.07. The van der Waals surface area contributed by atoms with Gasteiger partial charge in [-0.2, -0.15) is 8.75 Å². The maximum atomic E-state index is 5.16. The van der Waals surface area contributed by atoms with Crippen molar-refractivity contribution in [3.05, 3.63) is 41.7 Å². The van der Waals surface area contributed by atoms with Crippen molar-refractivity contribution in [1.29, 1.82) is 0 Å². The molecule has 0 bridgehead atoms. The summed E-state index contributed by atoms with van der Waals surface area (Å²) < 4.78 is 13.6. The lowest BCUT2D eigenvalue weighted by Gasteiger charge is -2.15. The number of hydrogen-bond acceptors (Lipinski definition) is 5. The molecular weight excluding hydrogens is 258 g/mol. The summed E-state index contributed by atoms with van der Waals surface area (Å²) in [5.74, 6) is 0.899. The van der Waals surface area contributed by atoms with E-state index in [2.05, 4.69) is 33.1 Å². The van der Waals surface area contributed by atoms with E-state index in [1.165, 1.54) is 17.3 Å². The first-order valence-electron chi connectivity index (χ1n) is 6.47. The molecule has 0 amide bonds. The molecule has 0 radical (unpaired) electrons. The Kier molecular flexibility index (Phi) is 5.30. The number of aromatic nitrogens is 2. The molecular formula is C14H19N3OS. The molecule has 0 aliphatic heterocycles. The third-order valence-corrected chi connectivity index (χ3v) is 3.56. The fraction of sp³-hybridized carbons (Fsp3) is 0.429. The second-order valence-electron chi connectivity index (χ2n) is 4.33. The Balaban J connectivity index is 1.94. The predicted molar refractivity (Wildman–Crippen MR) is 77.6 cm³/mol. The van der Waals surface area contributed by atoms with Gasteiger partial charge in [0.25, 0.3) is 0 Å². The van der Waals surface area contributed by atoms with Crippen LogP contribution in [0.3, 0.4) is 0 Å². The lowest BCUT2D eigenvalue weighted by molar-refractivity contribution is 0.414. The van der Waals surface area contributed by atoms with Gasteiger partial charge in [0.15, 0.2) is 0 Å². The summed E-state index contributed by atoms with van der Waals surface area (Å²) in [5, 5.41) is 3.46. The average Bonchev–Trinajstić information content (AvgIpc) is 2.98. The highest BCUT2D eigenvalue weighted by molar-refractivity contribution is 6.99. The second-order valence-corrected chi connectivity index (χ2v) is 4.89. The van der Waals surface area contributed by atoms with Crippen molar-refractivity contribution < 1.29 is 4.74 Å². The van der Waals surface area contributed by atoms with E-state index in [4.69, 9.17) is 4.74 Å². The standard InChI is InChI=1S/C14H19N3OS/c1-3-15-13(14-10-16-19-17-14)9-6-11-4-7-12(18-2)8-5-11/h4-5,7-8,10,13,15H,3,6,9H2,1-2H3. The van der Waals surface area contributed by atoms with Crippen LogP contribution in [-0.2, 0) is 6.42 Å². The number of benzene rings is 1. The Hall–Kier alpha value is -1.46. The summed E-state index contributed by atoms with van der Waals surface area (Å²) in [6.07, 6.45) is 3.89. The zero-order valence-corrected chi connectivity index (χ0v) is 12.1. The number of rotatable bonds is 7. The number of nitrogens with zero attached hydrogens (tertiary/aromatic N) is 2. The van der Waals surface area contributed by atoms with E-state index in [9.17, 15) is 0 Å². The maximum absolute atomic E-state index is 5.16. The molecule has 0 saturated carbocycles. The van der Waals surface area contributed by atoms with Crippen LogP contribution in [0.25, 0.3) is 0 Å². The Bertz CT molecular complexity index is 470. The highest BCUT2D eigenvalue weighted by Crippen LogP contribution is 2.19. The van der Waals surface area contributed by atoms with Crippen molar-refractivity contribution in [3.8, 4) is 5.75 Å². The first kappa shape index (κ1) is 14.0. The summed E-state index contributed by atoms with van der Waals surface area (Å²) in [6, 6.07) is 8.51. The fourth-order valence-electron chi connectivity index (χ4n) is 2.03. The van der Waals surface area contributed by atoms with Gasteiger partial charge in [-0.25, -0.2) is 0 Å². The molecule has 1 unspecified atom stereocenters. The molecule has 1 aromatic heterocycles. The zero-order valence-electron chi connectivity index (χ0n) is 11.3. The highest BCUT2D eigenvalue weighted by Gasteiger charge is 2.12. The molecule has 1 atom stereocenters. The number of ether oxygens (including phenoxy) is 1. The number of nitrogens with one attached hydrogen (secondary N) is 1. The number of methoxy groups -OCH3 is 1. The molecule has 4 nitrogen and oxygen atoms in total. The van der Waals surface area contributed by atoms with Gasteiger partial charge in [-0.15, -0.1) is 0 Å². The van der Waals surface area contributed by atoms with Crippen molar-refractivity contribution in [2.75, 3.05) is 13.7 Å². The molecule has 102 valence electrons. The molecule has 19 heavy (non-hydrogen) atoms. The molecule has 1 aromatic carbocycles. The van der Waals surface area contributed by atoms with Gasteiger partial charge in [-0.3, -0.25) is 0 Å². The third kappa shape index (κ3) is 4.01. The molecule has 1 heterocycles. The van der Waals surface area contributed by atoms with Gasteiger partial charge in [-0.1, -0.05) is 19.1 Å². The molecule has 2 rings (SSSR count). The van der Waals surface area contributed by atoms with E-state index in [-0.39, 0.29) is 6.04 Å². The van der Waals surface area contributed by atoms with Crippen LogP contribution in [0, 0.1) is 0 Å². The summed E-state index contributed by atoms with van der Waals surface area (Å²) in [6.45, 7) is 3.05. The van der Waals surface area contributed by atoms with Gasteiger partial charge in [0.05, 0.1) is 36.8 Å². The Morgan fingerprint density at radius 1 is 1.32 bits per heavy atom. The van der Waals surface area contributed by atoms with E-state index in [0.717, 1.165) is 30.8 Å². The van der Waals surface area contributed by atoms with Gasteiger partial charge in [0.2, 0.25) is 0 Å². The second kappa shape index (κ2) is 7.21. The van der Waals surface area contributed by atoms with Gasteiger partial charge in [-0.05, 0) is 37.1 Å². The molecule has 0 fully saturated rings. The maximum Gasteiger partial charge on any atom is 0.118 e. The molecule has 0 aliphatic rings. The van der Waals surface area contributed by atoms with Crippen LogP contribution < -0.4 is 10.1 Å². The summed E-state index contributed by atoms with van der Waals surface area (Å²) >= 11 is 1.26. The largest absolute Gasteiger partial charge is 0.497 e. The lowest BCUT2D eigenvalue weighted by atomic mass is 10.0. The molecule has 1 N–H and O–H groups in total. The minimum Gasteiger partial charge on any atom is -0.497 e. The van der Waals surface area contributed by atoms with Crippen LogP contribution in [0.2, 0.25) is 0 Å². The smallest absolute Gasteiger partial charge is 0.118 e. The van der Waals surface area contributed by atoms with Crippen molar-refractivity contribution >= 4 is 11.7 Å². The van der Waals surface area contributed by atoms with Gasteiger partial charge >= 0.3 is 0 Å². The van der Waals surface area contributed by atoms with Crippen molar-refractivity contribution in [2.24, 2.45) is 0 Å².